The number of aromatic nitrogens is 1. The Hall–Kier alpha value is -2.38. The Morgan fingerprint density at radius 3 is 2.60 bits per heavy atom. The standard InChI is InChI=1S/C12H17N3O5/c1-12(2,3)20-10(16)7-13-11-8(15(17)18)5-6-9(14-11)19-4/h5-6H,7H2,1-4H3,(H,13,14). The van der Waals surface area contributed by atoms with Crippen LogP contribution in [-0.4, -0.2) is 35.1 Å². The van der Waals surface area contributed by atoms with E-state index in [-0.39, 0.29) is 23.9 Å². The van der Waals surface area contributed by atoms with Gasteiger partial charge in [0.2, 0.25) is 11.7 Å². The molecule has 20 heavy (non-hydrogen) atoms. The first-order valence-corrected chi connectivity index (χ1v) is 5.88. The third-order valence-corrected chi connectivity index (χ3v) is 2.07. The lowest BCUT2D eigenvalue weighted by molar-refractivity contribution is -0.384. The third-order valence-electron chi connectivity index (χ3n) is 2.07. The first-order valence-electron chi connectivity index (χ1n) is 5.88. The largest absolute Gasteiger partial charge is 0.481 e. The van der Waals surface area contributed by atoms with Gasteiger partial charge in [-0.1, -0.05) is 0 Å². The van der Waals surface area contributed by atoms with Gasteiger partial charge in [0.05, 0.1) is 12.0 Å². The number of methoxy groups -OCH3 is 1. The molecule has 1 aromatic heterocycles. The average Bonchev–Trinajstić information content (AvgIpc) is 2.33. The van der Waals surface area contributed by atoms with Crippen LogP contribution in [0.1, 0.15) is 20.8 Å². The summed E-state index contributed by atoms with van der Waals surface area (Å²) in [6, 6.07) is 2.63. The van der Waals surface area contributed by atoms with Gasteiger partial charge in [-0.25, -0.2) is 0 Å². The van der Waals surface area contributed by atoms with Gasteiger partial charge in [0.1, 0.15) is 12.1 Å². The summed E-state index contributed by atoms with van der Waals surface area (Å²) in [5.41, 5.74) is -0.860. The molecule has 0 amide bonds. The minimum Gasteiger partial charge on any atom is -0.481 e. The predicted octanol–water partition coefficient (Wildman–Crippen LogP) is 1.75. The van der Waals surface area contributed by atoms with Crippen LogP contribution >= 0.6 is 0 Å². The number of nitrogens with one attached hydrogen (secondary N) is 1. The van der Waals surface area contributed by atoms with Crippen molar-refractivity contribution in [2.45, 2.75) is 26.4 Å². The Bertz CT molecular complexity index is 510. The molecule has 0 bridgehead atoms. The predicted molar refractivity (Wildman–Crippen MR) is 71.8 cm³/mol. The quantitative estimate of drug-likeness (QED) is 0.498. The third kappa shape index (κ3) is 4.71. The summed E-state index contributed by atoms with van der Waals surface area (Å²) in [6.45, 7) is 4.98. The molecule has 1 N–H and O–H groups in total. The number of anilines is 1. The summed E-state index contributed by atoms with van der Waals surface area (Å²) < 4.78 is 9.97. The summed E-state index contributed by atoms with van der Waals surface area (Å²) in [5.74, 6) is -0.362. The Morgan fingerprint density at radius 2 is 2.10 bits per heavy atom. The molecule has 0 radical (unpaired) electrons. The number of nitrogens with zero attached hydrogens (tertiary/aromatic N) is 2. The molecule has 0 aromatic carbocycles. The molecular formula is C12H17N3O5. The van der Waals surface area contributed by atoms with Gasteiger partial charge in [-0.15, -0.1) is 0 Å². The fourth-order valence-electron chi connectivity index (χ4n) is 1.36. The van der Waals surface area contributed by atoms with E-state index < -0.39 is 16.5 Å². The van der Waals surface area contributed by atoms with E-state index in [1.54, 1.807) is 20.8 Å². The van der Waals surface area contributed by atoms with Crippen LogP contribution in [0.15, 0.2) is 12.1 Å². The lowest BCUT2D eigenvalue weighted by atomic mass is 10.2. The van der Waals surface area contributed by atoms with E-state index >= 15 is 0 Å². The highest BCUT2D eigenvalue weighted by Gasteiger charge is 2.20. The second-order valence-corrected chi connectivity index (χ2v) is 4.92. The zero-order chi connectivity index (χ0) is 15.3. The van der Waals surface area contributed by atoms with Gasteiger partial charge < -0.3 is 14.8 Å². The number of hydrogen-bond donors (Lipinski definition) is 1. The first-order chi connectivity index (χ1) is 9.23. The molecule has 1 aromatic rings. The highest BCUT2D eigenvalue weighted by atomic mass is 16.6. The van der Waals surface area contributed by atoms with Crippen molar-refractivity contribution in [2.75, 3.05) is 19.0 Å². The van der Waals surface area contributed by atoms with Gasteiger partial charge in [-0.2, -0.15) is 4.98 Å². The molecule has 0 saturated heterocycles. The maximum atomic E-state index is 11.6. The molecule has 0 aliphatic rings. The number of hydrogen-bond acceptors (Lipinski definition) is 7. The van der Waals surface area contributed by atoms with Gasteiger partial charge in [0.15, 0.2) is 0 Å². The lowest BCUT2D eigenvalue weighted by Crippen LogP contribution is -2.28. The fourth-order valence-corrected chi connectivity index (χ4v) is 1.36. The van der Waals surface area contributed by atoms with Crippen LogP contribution in [0.25, 0.3) is 0 Å². The Kier molecular flexibility index (Phi) is 4.84. The van der Waals surface area contributed by atoms with E-state index in [9.17, 15) is 14.9 Å². The summed E-state index contributed by atoms with van der Waals surface area (Å²) in [7, 11) is 1.39. The second-order valence-electron chi connectivity index (χ2n) is 4.92. The van der Waals surface area contributed by atoms with E-state index in [0.29, 0.717) is 0 Å². The molecular weight excluding hydrogens is 266 g/mol. The average molecular weight is 283 g/mol. The summed E-state index contributed by atoms with van der Waals surface area (Å²) >= 11 is 0. The van der Waals surface area contributed by atoms with Crippen molar-refractivity contribution >= 4 is 17.5 Å². The fraction of sp³-hybridized carbons (Fsp3) is 0.500. The highest BCUT2D eigenvalue weighted by Crippen LogP contribution is 2.24. The molecule has 110 valence electrons. The molecule has 1 heterocycles. The van der Waals surface area contributed by atoms with E-state index in [2.05, 4.69) is 10.3 Å². The summed E-state index contributed by atoms with van der Waals surface area (Å²) in [5, 5.41) is 13.4. The number of pyridine rings is 1. The zero-order valence-corrected chi connectivity index (χ0v) is 11.8. The van der Waals surface area contributed by atoms with Crippen LogP contribution in [-0.2, 0) is 9.53 Å². The summed E-state index contributed by atoms with van der Waals surface area (Å²) in [4.78, 5) is 25.7. The van der Waals surface area contributed by atoms with E-state index in [4.69, 9.17) is 9.47 Å². The topological polar surface area (TPSA) is 104 Å². The molecule has 0 aliphatic heterocycles. The monoisotopic (exact) mass is 283 g/mol. The molecule has 0 spiro atoms. The normalized spacial score (nSPS) is 10.8. The van der Waals surface area contributed by atoms with Crippen molar-refractivity contribution in [3.8, 4) is 5.88 Å². The van der Waals surface area contributed by atoms with Crippen molar-refractivity contribution in [3.63, 3.8) is 0 Å². The molecule has 8 heteroatoms. The van der Waals surface area contributed by atoms with Crippen LogP contribution < -0.4 is 10.1 Å². The van der Waals surface area contributed by atoms with Crippen molar-refractivity contribution in [1.29, 1.82) is 0 Å². The van der Waals surface area contributed by atoms with Crippen LogP contribution in [0.5, 0.6) is 5.88 Å². The number of rotatable bonds is 5. The van der Waals surface area contributed by atoms with Gasteiger partial charge in [-0.05, 0) is 20.8 Å². The van der Waals surface area contributed by atoms with Gasteiger partial charge in [0.25, 0.3) is 0 Å². The maximum absolute atomic E-state index is 11.6. The Morgan fingerprint density at radius 1 is 1.45 bits per heavy atom. The smallest absolute Gasteiger partial charge is 0.325 e. The minimum atomic E-state index is -0.619. The van der Waals surface area contributed by atoms with Crippen molar-refractivity contribution < 1.29 is 19.2 Å². The highest BCUT2D eigenvalue weighted by molar-refractivity contribution is 5.76. The number of carbonyl (C=O) groups excluding carboxylic acids is 1. The van der Waals surface area contributed by atoms with Crippen LogP contribution in [0.3, 0.4) is 0 Å². The van der Waals surface area contributed by atoms with E-state index in [0.717, 1.165) is 0 Å². The molecule has 8 nitrogen and oxygen atoms in total. The van der Waals surface area contributed by atoms with Crippen molar-refractivity contribution in [3.05, 3.63) is 22.2 Å². The molecule has 0 saturated carbocycles. The van der Waals surface area contributed by atoms with E-state index in [1.165, 1.54) is 19.2 Å². The minimum absolute atomic E-state index is 0.0415. The van der Waals surface area contributed by atoms with Gasteiger partial charge in [-0.3, -0.25) is 14.9 Å². The lowest BCUT2D eigenvalue weighted by Gasteiger charge is -2.19. The Balaban J connectivity index is 2.80. The Labute approximate surface area is 116 Å². The number of nitro groups is 1. The van der Waals surface area contributed by atoms with Gasteiger partial charge >= 0.3 is 11.7 Å². The molecule has 0 atom stereocenters. The van der Waals surface area contributed by atoms with E-state index in [1.807, 2.05) is 0 Å². The first kappa shape index (κ1) is 15.7. The number of esters is 1. The SMILES string of the molecule is COc1ccc([N+](=O)[O-])c(NCC(=O)OC(C)(C)C)n1. The molecule has 0 fully saturated rings. The zero-order valence-electron chi connectivity index (χ0n) is 11.8. The maximum Gasteiger partial charge on any atom is 0.325 e. The second kappa shape index (κ2) is 6.18. The van der Waals surface area contributed by atoms with Crippen molar-refractivity contribution in [2.24, 2.45) is 0 Å². The molecule has 0 unspecified atom stereocenters. The molecule has 1 rings (SSSR count). The summed E-state index contributed by atoms with van der Waals surface area (Å²) in [6.07, 6.45) is 0. The van der Waals surface area contributed by atoms with Crippen LogP contribution in [0.2, 0.25) is 0 Å². The van der Waals surface area contributed by atoms with Gasteiger partial charge in [0, 0.05) is 12.1 Å². The number of ether oxygens (including phenoxy) is 2. The number of carbonyl (C=O) groups is 1. The molecule has 0 aliphatic carbocycles. The van der Waals surface area contributed by atoms with Crippen molar-refractivity contribution in [1.82, 2.24) is 4.98 Å². The van der Waals surface area contributed by atoms with Crippen LogP contribution in [0, 0.1) is 10.1 Å². The van der Waals surface area contributed by atoms with Crippen LogP contribution in [0.4, 0.5) is 11.5 Å².